The predicted molar refractivity (Wildman–Crippen MR) is 113 cm³/mol. The van der Waals surface area contributed by atoms with Crippen LogP contribution in [0.2, 0.25) is 0 Å². The van der Waals surface area contributed by atoms with E-state index in [1.165, 1.54) is 4.90 Å². The molecule has 2 amide bonds. The second-order valence-electron chi connectivity index (χ2n) is 7.69. The standard InChI is InChI=1S/C24H21N3O3/c1-15-7-6-8-16(2)20(15)26-23(28)19-21(17-11-13-25-14-12-17)27(30-22(19)24(26)29)18-9-4-3-5-10-18/h3-14,19,21-22H,1-2H3/t19-,21-,22-/m0/s1. The first-order valence-corrected chi connectivity index (χ1v) is 9.93. The maximum Gasteiger partial charge on any atom is 0.266 e. The minimum atomic E-state index is -0.866. The molecule has 2 fully saturated rings. The zero-order valence-corrected chi connectivity index (χ0v) is 16.7. The van der Waals surface area contributed by atoms with E-state index in [4.69, 9.17) is 4.84 Å². The van der Waals surface area contributed by atoms with Gasteiger partial charge in [-0.15, -0.1) is 0 Å². The van der Waals surface area contributed by atoms with Crippen molar-refractivity contribution in [2.45, 2.75) is 26.0 Å². The van der Waals surface area contributed by atoms with Gasteiger partial charge in [-0.25, -0.2) is 9.96 Å². The fourth-order valence-corrected chi connectivity index (χ4v) is 4.49. The van der Waals surface area contributed by atoms with Crippen molar-refractivity contribution in [3.63, 3.8) is 0 Å². The summed E-state index contributed by atoms with van der Waals surface area (Å²) in [7, 11) is 0. The number of fused-ring (bicyclic) bond motifs is 1. The van der Waals surface area contributed by atoms with Crippen LogP contribution in [0.1, 0.15) is 22.7 Å². The van der Waals surface area contributed by atoms with Crippen LogP contribution >= 0.6 is 0 Å². The molecule has 0 radical (unpaired) electrons. The minimum absolute atomic E-state index is 0.234. The Kier molecular flexibility index (Phi) is 4.37. The number of imide groups is 1. The number of aryl methyl sites for hydroxylation is 2. The van der Waals surface area contributed by atoms with E-state index in [2.05, 4.69) is 4.98 Å². The Labute approximate surface area is 174 Å². The van der Waals surface area contributed by atoms with Gasteiger partial charge in [0.05, 0.1) is 17.4 Å². The van der Waals surface area contributed by atoms with Crippen molar-refractivity contribution in [1.82, 2.24) is 4.98 Å². The molecule has 150 valence electrons. The molecule has 3 aromatic rings. The predicted octanol–water partition coefficient (Wildman–Crippen LogP) is 3.75. The van der Waals surface area contributed by atoms with Crippen molar-refractivity contribution >= 4 is 23.2 Å². The molecule has 0 bridgehead atoms. The molecule has 2 aliphatic heterocycles. The number of benzene rings is 2. The molecule has 30 heavy (non-hydrogen) atoms. The van der Waals surface area contributed by atoms with E-state index in [0.29, 0.717) is 5.69 Å². The Bertz CT molecular complexity index is 1100. The number of hydroxylamine groups is 1. The number of rotatable bonds is 3. The van der Waals surface area contributed by atoms with E-state index in [9.17, 15) is 9.59 Å². The second-order valence-corrected chi connectivity index (χ2v) is 7.69. The molecule has 6 heteroatoms. The number of aromatic nitrogens is 1. The van der Waals surface area contributed by atoms with Crippen LogP contribution in [0.25, 0.3) is 0 Å². The highest BCUT2D eigenvalue weighted by molar-refractivity contribution is 6.24. The maximum absolute atomic E-state index is 13.6. The summed E-state index contributed by atoms with van der Waals surface area (Å²) in [6.07, 6.45) is 2.52. The fourth-order valence-electron chi connectivity index (χ4n) is 4.49. The Balaban J connectivity index is 1.61. The Hall–Kier alpha value is -3.51. The van der Waals surface area contributed by atoms with Crippen molar-refractivity contribution in [2.24, 2.45) is 5.92 Å². The van der Waals surface area contributed by atoms with E-state index >= 15 is 0 Å². The normalized spacial score (nSPS) is 23.2. The molecular weight excluding hydrogens is 378 g/mol. The molecule has 0 N–H and O–H groups in total. The van der Waals surface area contributed by atoms with E-state index in [-0.39, 0.29) is 11.8 Å². The summed E-state index contributed by atoms with van der Waals surface area (Å²) in [6.45, 7) is 3.82. The lowest BCUT2D eigenvalue weighted by Gasteiger charge is -2.29. The van der Waals surface area contributed by atoms with Gasteiger partial charge in [0.15, 0.2) is 6.10 Å². The van der Waals surface area contributed by atoms with Crippen LogP contribution in [0, 0.1) is 19.8 Å². The monoisotopic (exact) mass is 399 g/mol. The van der Waals surface area contributed by atoms with Crippen molar-refractivity contribution in [3.05, 3.63) is 89.7 Å². The summed E-state index contributed by atoms with van der Waals surface area (Å²) in [6, 6.07) is 18.6. The smallest absolute Gasteiger partial charge is 0.266 e. The fraction of sp³-hybridized carbons (Fsp3) is 0.208. The van der Waals surface area contributed by atoms with Crippen molar-refractivity contribution in [1.29, 1.82) is 0 Å². The number of para-hydroxylation sites is 2. The molecule has 0 spiro atoms. The number of hydrogen-bond donors (Lipinski definition) is 0. The summed E-state index contributed by atoms with van der Waals surface area (Å²) in [4.78, 5) is 38.6. The first-order valence-electron chi connectivity index (χ1n) is 9.93. The van der Waals surface area contributed by atoms with E-state index < -0.39 is 18.1 Å². The van der Waals surface area contributed by atoms with Crippen LogP contribution in [-0.4, -0.2) is 22.9 Å². The Morgan fingerprint density at radius 1 is 0.833 bits per heavy atom. The average Bonchev–Trinajstić information content (AvgIpc) is 3.27. The lowest BCUT2D eigenvalue weighted by Crippen LogP contribution is -2.38. The molecule has 2 saturated heterocycles. The lowest BCUT2D eigenvalue weighted by molar-refractivity contribution is -0.126. The van der Waals surface area contributed by atoms with Gasteiger partial charge >= 0.3 is 0 Å². The molecule has 3 heterocycles. The Morgan fingerprint density at radius 2 is 1.50 bits per heavy atom. The number of hydrogen-bond acceptors (Lipinski definition) is 5. The first kappa shape index (κ1) is 18.5. The van der Waals surface area contributed by atoms with E-state index in [1.807, 2.05) is 74.5 Å². The minimum Gasteiger partial charge on any atom is -0.273 e. The molecule has 0 unspecified atom stereocenters. The van der Waals surface area contributed by atoms with Crippen LogP contribution < -0.4 is 9.96 Å². The molecule has 1 aromatic heterocycles. The molecule has 2 aromatic carbocycles. The van der Waals surface area contributed by atoms with Gasteiger partial charge in [-0.2, -0.15) is 0 Å². The molecule has 6 nitrogen and oxygen atoms in total. The van der Waals surface area contributed by atoms with Crippen LogP contribution in [0.5, 0.6) is 0 Å². The lowest BCUT2D eigenvalue weighted by atomic mass is 9.91. The van der Waals surface area contributed by atoms with E-state index in [0.717, 1.165) is 22.4 Å². The van der Waals surface area contributed by atoms with Crippen molar-refractivity contribution in [2.75, 3.05) is 9.96 Å². The molecule has 2 aliphatic rings. The number of amides is 2. The van der Waals surface area contributed by atoms with Crippen LogP contribution in [0.3, 0.4) is 0 Å². The quantitative estimate of drug-likeness (QED) is 0.628. The van der Waals surface area contributed by atoms with Crippen LogP contribution in [0.15, 0.2) is 73.1 Å². The SMILES string of the molecule is Cc1cccc(C)c1N1C(=O)[C@@H]2[C@H](ON(c3ccccc3)[C@H]2c2ccncc2)C1=O. The number of carbonyl (C=O) groups is 2. The molecule has 3 atom stereocenters. The zero-order chi connectivity index (χ0) is 20.8. The van der Waals surface area contributed by atoms with Crippen LogP contribution in [0.4, 0.5) is 11.4 Å². The average molecular weight is 399 g/mol. The van der Waals surface area contributed by atoms with Gasteiger partial charge in [0, 0.05) is 12.4 Å². The zero-order valence-electron chi connectivity index (χ0n) is 16.7. The largest absolute Gasteiger partial charge is 0.273 e. The molecule has 5 rings (SSSR count). The second kappa shape index (κ2) is 7.07. The first-order chi connectivity index (χ1) is 14.6. The molecular formula is C24H21N3O3. The van der Waals surface area contributed by atoms with Crippen molar-refractivity contribution < 1.29 is 14.4 Å². The highest BCUT2D eigenvalue weighted by atomic mass is 16.7. The van der Waals surface area contributed by atoms with Gasteiger partial charge in [0.2, 0.25) is 5.91 Å². The third-order valence-corrected chi connectivity index (χ3v) is 5.84. The van der Waals surface area contributed by atoms with Gasteiger partial charge in [-0.3, -0.25) is 19.4 Å². The highest BCUT2D eigenvalue weighted by Gasteiger charge is 2.60. The van der Waals surface area contributed by atoms with Gasteiger partial charge in [-0.1, -0.05) is 36.4 Å². The van der Waals surface area contributed by atoms with Crippen molar-refractivity contribution in [3.8, 4) is 0 Å². The van der Waals surface area contributed by atoms with Gasteiger partial charge < -0.3 is 0 Å². The third-order valence-electron chi connectivity index (χ3n) is 5.84. The van der Waals surface area contributed by atoms with Gasteiger partial charge in [0.25, 0.3) is 5.91 Å². The summed E-state index contributed by atoms with van der Waals surface area (Å²) >= 11 is 0. The van der Waals surface area contributed by atoms with Gasteiger partial charge in [-0.05, 0) is 54.8 Å². The summed E-state index contributed by atoms with van der Waals surface area (Å²) in [5.41, 5.74) is 4.11. The molecule has 0 aliphatic carbocycles. The van der Waals surface area contributed by atoms with Gasteiger partial charge in [0.1, 0.15) is 5.92 Å². The molecule has 0 saturated carbocycles. The summed E-state index contributed by atoms with van der Waals surface area (Å²) in [5.74, 6) is -1.19. The maximum atomic E-state index is 13.6. The third kappa shape index (κ3) is 2.72. The Morgan fingerprint density at radius 3 is 2.17 bits per heavy atom. The number of anilines is 2. The summed E-state index contributed by atoms with van der Waals surface area (Å²) < 4.78 is 0. The number of carbonyl (C=O) groups excluding carboxylic acids is 2. The van der Waals surface area contributed by atoms with E-state index in [1.54, 1.807) is 17.5 Å². The number of pyridine rings is 1. The highest BCUT2D eigenvalue weighted by Crippen LogP contribution is 2.48. The van der Waals surface area contributed by atoms with Crippen LogP contribution in [-0.2, 0) is 14.4 Å². The summed E-state index contributed by atoms with van der Waals surface area (Å²) in [5, 5.41) is 1.70. The number of nitrogens with zero attached hydrogens (tertiary/aromatic N) is 3. The topological polar surface area (TPSA) is 62.7 Å².